The largest absolute Gasteiger partial charge is 0.379 e. The molecule has 0 bridgehead atoms. The van der Waals surface area contributed by atoms with Crippen LogP contribution in [0.15, 0.2) is 15.2 Å². The lowest BCUT2D eigenvalue weighted by Crippen LogP contribution is -2.12. The van der Waals surface area contributed by atoms with Gasteiger partial charge >= 0.3 is 0 Å². The molecule has 1 rings (SSSR count). The lowest BCUT2D eigenvalue weighted by Gasteiger charge is -2.07. The third-order valence-electron chi connectivity index (χ3n) is 1.98. The van der Waals surface area contributed by atoms with E-state index in [9.17, 15) is 0 Å². The molecular formula is C11H21N3O2. The van der Waals surface area contributed by atoms with E-state index in [0.29, 0.717) is 19.0 Å². The first-order valence-electron chi connectivity index (χ1n) is 5.78. The zero-order valence-corrected chi connectivity index (χ0v) is 10.5. The zero-order valence-electron chi connectivity index (χ0n) is 10.5. The van der Waals surface area contributed by atoms with Crippen LogP contribution in [0.25, 0.3) is 0 Å². The molecule has 0 radical (unpaired) electrons. The van der Waals surface area contributed by atoms with Gasteiger partial charge in [-0.25, -0.2) is 4.99 Å². The first kappa shape index (κ1) is 13.3. The van der Waals surface area contributed by atoms with Gasteiger partial charge in [-0.2, -0.15) is 5.11 Å². The molecule has 0 saturated heterocycles. The van der Waals surface area contributed by atoms with Crippen LogP contribution < -0.4 is 0 Å². The van der Waals surface area contributed by atoms with Crippen molar-refractivity contribution in [2.45, 2.75) is 52.5 Å². The lowest BCUT2D eigenvalue weighted by atomic mass is 10.3. The van der Waals surface area contributed by atoms with Crippen molar-refractivity contribution in [3.05, 3.63) is 0 Å². The Labute approximate surface area is 97.0 Å². The van der Waals surface area contributed by atoms with Gasteiger partial charge in [-0.3, -0.25) is 0 Å². The second-order valence-electron chi connectivity index (χ2n) is 4.31. The van der Waals surface area contributed by atoms with Crippen LogP contribution in [0.1, 0.15) is 34.1 Å². The van der Waals surface area contributed by atoms with Gasteiger partial charge in [-0.05, 0) is 27.7 Å². The second kappa shape index (κ2) is 6.70. The van der Waals surface area contributed by atoms with Gasteiger partial charge in [0.1, 0.15) is 6.61 Å². The van der Waals surface area contributed by atoms with E-state index in [2.05, 4.69) is 15.2 Å². The first-order chi connectivity index (χ1) is 7.58. The highest BCUT2D eigenvalue weighted by Crippen LogP contribution is 2.10. The normalized spacial score (nSPS) is 19.9. The summed E-state index contributed by atoms with van der Waals surface area (Å²) in [6, 6.07) is 0. The first-order valence-corrected chi connectivity index (χ1v) is 5.78. The maximum atomic E-state index is 5.44. The quantitative estimate of drug-likeness (QED) is 0.670. The van der Waals surface area contributed by atoms with E-state index >= 15 is 0 Å². The van der Waals surface area contributed by atoms with Crippen molar-refractivity contribution in [1.82, 2.24) is 0 Å². The minimum atomic E-state index is -0.0792. The van der Waals surface area contributed by atoms with Crippen LogP contribution >= 0.6 is 0 Å². The summed E-state index contributed by atoms with van der Waals surface area (Å²) in [4.78, 5) is 4.34. The van der Waals surface area contributed by atoms with Crippen LogP contribution in [0.4, 0.5) is 0 Å². The highest BCUT2D eigenvalue weighted by Gasteiger charge is 2.14. The number of ether oxygens (including phenoxy) is 2. The van der Waals surface area contributed by atoms with Gasteiger partial charge in [0.15, 0.2) is 12.0 Å². The molecule has 0 N–H and O–H groups in total. The summed E-state index contributed by atoms with van der Waals surface area (Å²) < 4.78 is 10.8. The van der Waals surface area contributed by atoms with Gasteiger partial charge in [0.2, 0.25) is 0 Å². The van der Waals surface area contributed by atoms with Gasteiger partial charge in [-0.15, -0.1) is 5.11 Å². The molecule has 1 unspecified atom stereocenters. The van der Waals surface area contributed by atoms with Crippen LogP contribution in [0.3, 0.4) is 0 Å². The number of nitrogens with zero attached hydrogens (tertiary/aromatic N) is 3. The van der Waals surface area contributed by atoms with Crippen molar-refractivity contribution in [2.24, 2.45) is 15.2 Å². The predicted octanol–water partition coefficient (Wildman–Crippen LogP) is 2.42. The van der Waals surface area contributed by atoms with E-state index in [4.69, 9.17) is 9.47 Å². The second-order valence-corrected chi connectivity index (χ2v) is 4.31. The fourth-order valence-electron chi connectivity index (χ4n) is 1.20. The fraction of sp³-hybridized carbons (Fsp3) is 0.909. The molecule has 1 aliphatic heterocycles. The van der Waals surface area contributed by atoms with Crippen LogP contribution in [-0.4, -0.2) is 37.4 Å². The fourth-order valence-corrected chi connectivity index (χ4v) is 1.20. The summed E-state index contributed by atoms with van der Waals surface area (Å²) in [6.45, 7) is 9.12. The van der Waals surface area contributed by atoms with E-state index in [1.165, 1.54) is 0 Å². The van der Waals surface area contributed by atoms with E-state index in [0.717, 1.165) is 6.42 Å². The minimum absolute atomic E-state index is 0.0792. The van der Waals surface area contributed by atoms with E-state index < -0.39 is 0 Å². The molecule has 16 heavy (non-hydrogen) atoms. The SMILES string of the molecule is CC(C)OCCC1N=NC(COC(C)C)=N1. The van der Waals surface area contributed by atoms with Crippen LogP contribution in [0.2, 0.25) is 0 Å². The van der Waals surface area contributed by atoms with Gasteiger partial charge in [0, 0.05) is 6.42 Å². The molecule has 0 aromatic carbocycles. The molecule has 1 heterocycles. The number of hydrogen-bond donors (Lipinski definition) is 0. The Hall–Kier alpha value is -0.810. The van der Waals surface area contributed by atoms with Crippen LogP contribution in [-0.2, 0) is 9.47 Å². The van der Waals surface area contributed by atoms with Crippen molar-refractivity contribution >= 4 is 5.84 Å². The third-order valence-corrected chi connectivity index (χ3v) is 1.98. The molecule has 0 fully saturated rings. The Kier molecular flexibility index (Phi) is 5.55. The van der Waals surface area contributed by atoms with E-state index in [1.807, 2.05) is 27.7 Å². The van der Waals surface area contributed by atoms with Crippen molar-refractivity contribution in [1.29, 1.82) is 0 Å². The smallest absolute Gasteiger partial charge is 0.174 e. The number of hydrogen-bond acceptors (Lipinski definition) is 5. The van der Waals surface area contributed by atoms with Crippen molar-refractivity contribution in [3.8, 4) is 0 Å². The Morgan fingerprint density at radius 1 is 1.12 bits per heavy atom. The summed E-state index contributed by atoms with van der Waals surface area (Å²) in [5.74, 6) is 0.684. The topological polar surface area (TPSA) is 55.5 Å². The predicted molar refractivity (Wildman–Crippen MR) is 62.9 cm³/mol. The molecule has 0 amide bonds. The van der Waals surface area contributed by atoms with E-state index in [1.54, 1.807) is 0 Å². The van der Waals surface area contributed by atoms with Crippen molar-refractivity contribution in [3.63, 3.8) is 0 Å². The number of rotatable bonds is 7. The Morgan fingerprint density at radius 2 is 1.81 bits per heavy atom. The van der Waals surface area contributed by atoms with Gasteiger partial charge in [0.25, 0.3) is 0 Å². The molecule has 0 aliphatic carbocycles. The Balaban J connectivity index is 2.20. The molecular weight excluding hydrogens is 206 g/mol. The molecule has 1 atom stereocenters. The summed E-state index contributed by atoms with van der Waals surface area (Å²) in [5, 5.41) is 8.03. The van der Waals surface area contributed by atoms with Gasteiger partial charge < -0.3 is 9.47 Å². The Morgan fingerprint density at radius 3 is 2.44 bits per heavy atom. The van der Waals surface area contributed by atoms with Crippen LogP contribution in [0, 0.1) is 0 Å². The average molecular weight is 227 g/mol. The molecule has 0 aromatic heterocycles. The molecule has 92 valence electrons. The standard InChI is InChI=1S/C11H21N3O2/c1-8(2)15-6-5-10-12-11(14-13-10)7-16-9(3)4/h8-10H,5-7H2,1-4H3. The summed E-state index contributed by atoms with van der Waals surface area (Å²) in [5.41, 5.74) is 0. The summed E-state index contributed by atoms with van der Waals surface area (Å²) in [6.07, 6.45) is 1.16. The minimum Gasteiger partial charge on any atom is -0.379 e. The zero-order chi connectivity index (χ0) is 12.0. The highest BCUT2D eigenvalue weighted by atomic mass is 16.5. The van der Waals surface area contributed by atoms with E-state index in [-0.39, 0.29) is 18.4 Å². The number of amidine groups is 1. The number of azo groups is 1. The monoisotopic (exact) mass is 227 g/mol. The molecule has 0 aromatic rings. The molecule has 0 spiro atoms. The molecule has 5 nitrogen and oxygen atoms in total. The van der Waals surface area contributed by atoms with Gasteiger partial charge in [-0.1, -0.05) is 0 Å². The van der Waals surface area contributed by atoms with Crippen molar-refractivity contribution in [2.75, 3.05) is 13.2 Å². The summed E-state index contributed by atoms with van der Waals surface area (Å²) >= 11 is 0. The van der Waals surface area contributed by atoms with Gasteiger partial charge in [0.05, 0.1) is 18.8 Å². The summed E-state index contributed by atoms with van der Waals surface area (Å²) in [7, 11) is 0. The van der Waals surface area contributed by atoms with Crippen LogP contribution in [0.5, 0.6) is 0 Å². The van der Waals surface area contributed by atoms with Crippen molar-refractivity contribution < 1.29 is 9.47 Å². The lowest BCUT2D eigenvalue weighted by molar-refractivity contribution is 0.0741. The highest BCUT2D eigenvalue weighted by molar-refractivity contribution is 5.84. The Bertz CT molecular complexity index is 262. The maximum Gasteiger partial charge on any atom is 0.174 e. The molecule has 5 heteroatoms. The average Bonchev–Trinajstić information content (AvgIpc) is 2.62. The molecule has 0 saturated carbocycles. The molecule has 1 aliphatic rings. The maximum absolute atomic E-state index is 5.44. The number of aliphatic imine (C=N–C) groups is 1. The third kappa shape index (κ3) is 5.32.